The van der Waals surface area contributed by atoms with E-state index in [2.05, 4.69) is 32.6 Å². The van der Waals surface area contributed by atoms with E-state index in [1.807, 2.05) is 42.5 Å². The Labute approximate surface area is 165 Å². The molecule has 0 aliphatic rings. The number of methoxy groups -OCH3 is 1. The van der Waals surface area contributed by atoms with Gasteiger partial charge < -0.3 is 4.74 Å². The van der Waals surface area contributed by atoms with Crippen LogP contribution in [0.3, 0.4) is 0 Å². The molecule has 2 aromatic carbocycles. The van der Waals surface area contributed by atoms with Gasteiger partial charge in [0.1, 0.15) is 10.9 Å². The maximum Gasteiger partial charge on any atom is 0.161 e. The summed E-state index contributed by atoms with van der Waals surface area (Å²) in [6.45, 7) is 0.455. The van der Waals surface area contributed by atoms with Crippen molar-refractivity contribution in [3.63, 3.8) is 0 Å². The second kappa shape index (κ2) is 7.94. The molecule has 4 aromatic rings. The van der Waals surface area contributed by atoms with Gasteiger partial charge in [-0.15, -0.1) is 16.9 Å². The first-order valence-electron chi connectivity index (χ1n) is 8.29. The van der Waals surface area contributed by atoms with Crippen LogP contribution in [0, 0.1) is 0 Å². The maximum absolute atomic E-state index is 6.39. The quantitative estimate of drug-likeness (QED) is 0.358. The summed E-state index contributed by atoms with van der Waals surface area (Å²) in [6.07, 6.45) is 0. The highest BCUT2D eigenvalue weighted by Gasteiger charge is 2.12. The van der Waals surface area contributed by atoms with Crippen LogP contribution in [0.15, 0.2) is 59.5 Å². The van der Waals surface area contributed by atoms with Crippen LogP contribution < -0.4 is 4.74 Å². The topological polar surface area (TPSA) is 65.7 Å². The Kier molecular flexibility index (Phi) is 5.22. The van der Waals surface area contributed by atoms with Gasteiger partial charge in [0, 0.05) is 15.8 Å². The second-order valence-electron chi connectivity index (χ2n) is 5.85. The summed E-state index contributed by atoms with van der Waals surface area (Å²) in [5.41, 5.74) is 1.68. The third-order valence-electron chi connectivity index (χ3n) is 4.09. The number of nitrogens with zero attached hydrogens (tertiary/aromatic N) is 5. The van der Waals surface area contributed by atoms with Crippen molar-refractivity contribution in [3.05, 3.63) is 71.1 Å². The number of fused-ring (bicyclic) bond motifs is 1. The number of tetrazole rings is 1. The average molecular weight is 398 g/mol. The third-order valence-corrected chi connectivity index (χ3v) is 5.42. The molecule has 0 aliphatic carbocycles. The largest absolute Gasteiger partial charge is 0.497 e. The number of halogens is 1. The molecule has 0 unspecified atom stereocenters. The SMILES string of the molecule is COc1ccc2nc(Cl)c(Cn3nnnc3CSc3ccccc3)cc2c1. The molecule has 0 atom stereocenters. The van der Waals surface area contributed by atoms with Crippen LogP contribution in [-0.4, -0.2) is 32.3 Å². The number of ether oxygens (including phenoxy) is 1. The minimum atomic E-state index is 0.449. The number of hydrogen-bond donors (Lipinski definition) is 0. The molecule has 27 heavy (non-hydrogen) atoms. The van der Waals surface area contributed by atoms with Crippen molar-refractivity contribution in [2.45, 2.75) is 17.2 Å². The highest BCUT2D eigenvalue weighted by atomic mass is 35.5. The average Bonchev–Trinajstić information content (AvgIpc) is 3.14. The van der Waals surface area contributed by atoms with Crippen molar-refractivity contribution >= 4 is 34.3 Å². The van der Waals surface area contributed by atoms with Crippen LogP contribution in [0.5, 0.6) is 5.75 Å². The van der Waals surface area contributed by atoms with E-state index < -0.39 is 0 Å². The third kappa shape index (κ3) is 4.04. The van der Waals surface area contributed by atoms with E-state index in [0.717, 1.165) is 28.0 Å². The highest BCUT2D eigenvalue weighted by Crippen LogP contribution is 2.26. The molecule has 4 rings (SSSR count). The lowest BCUT2D eigenvalue weighted by molar-refractivity contribution is 0.415. The molecule has 8 heteroatoms. The second-order valence-corrected chi connectivity index (χ2v) is 7.26. The zero-order chi connectivity index (χ0) is 18.6. The van der Waals surface area contributed by atoms with E-state index in [-0.39, 0.29) is 0 Å². The molecule has 0 aliphatic heterocycles. The zero-order valence-corrected chi connectivity index (χ0v) is 16.1. The molecule has 2 heterocycles. The summed E-state index contributed by atoms with van der Waals surface area (Å²) in [7, 11) is 1.64. The van der Waals surface area contributed by atoms with Gasteiger partial charge in [-0.2, -0.15) is 0 Å². The lowest BCUT2D eigenvalue weighted by Gasteiger charge is -2.09. The molecule has 2 aromatic heterocycles. The summed E-state index contributed by atoms with van der Waals surface area (Å²) in [6, 6.07) is 17.9. The first-order chi connectivity index (χ1) is 13.2. The number of rotatable bonds is 6. The van der Waals surface area contributed by atoms with Crippen molar-refractivity contribution < 1.29 is 4.74 Å². The molecular formula is C19H16ClN5OS. The fourth-order valence-electron chi connectivity index (χ4n) is 2.69. The Balaban J connectivity index is 1.57. The van der Waals surface area contributed by atoms with Gasteiger partial charge in [0.05, 0.1) is 24.9 Å². The standard InChI is InChI=1S/C19H16ClN5OS/c1-26-15-7-8-17-13(10-15)9-14(19(20)21-17)11-25-18(22-23-24-25)12-27-16-5-3-2-4-6-16/h2-10H,11-12H2,1H3. The summed E-state index contributed by atoms with van der Waals surface area (Å²) >= 11 is 8.08. The van der Waals surface area contributed by atoms with Crippen LogP contribution in [0.4, 0.5) is 0 Å². The first kappa shape index (κ1) is 17.8. The predicted octanol–water partition coefficient (Wildman–Crippen LogP) is 4.22. The molecular weight excluding hydrogens is 382 g/mol. The van der Waals surface area contributed by atoms with Crippen LogP contribution in [0.25, 0.3) is 10.9 Å². The molecule has 0 saturated heterocycles. The molecule has 0 amide bonds. The number of aromatic nitrogens is 5. The van der Waals surface area contributed by atoms with Gasteiger partial charge in [0.2, 0.25) is 0 Å². The zero-order valence-electron chi connectivity index (χ0n) is 14.5. The Hall–Kier alpha value is -2.64. The number of pyridine rings is 1. The van der Waals surface area contributed by atoms with E-state index in [0.29, 0.717) is 17.5 Å². The lowest BCUT2D eigenvalue weighted by atomic mass is 10.1. The van der Waals surface area contributed by atoms with Crippen LogP contribution in [0.2, 0.25) is 5.15 Å². The van der Waals surface area contributed by atoms with E-state index in [4.69, 9.17) is 16.3 Å². The summed E-state index contributed by atoms with van der Waals surface area (Å²) < 4.78 is 7.05. The van der Waals surface area contributed by atoms with E-state index in [1.54, 1.807) is 23.6 Å². The van der Waals surface area contributed by atoms with Crippen LogP contribution in [-0.2, 0) is 12.3 Å². The molecule has 0 radical (unpaired) electrons. The Bertz CT molecular complexity index is 1070. The van der Waals surface area contributed by atoms with Gasteiger partial charge in [-0.25, -0.2) is 9.67 Å². The molecule has 6 nitrogen and oxygen atoms in total. The van der Waals surface area contributed by atoms with E-state index in [9.17, 15) is 0 Å². The van der Waals surface area contributed by atoms with Crippen molar-refractivity contribution in [1.82, 2.24) is 25.2 Å². The van der Waals surface area contributed by atoms with Crippen LogP contribution >= 0.6 is 23.4 Å². The monoisotopic (exact) mass is 397 g/mol. The number of hydrogen-bond acceptors (Lipinski definition) is 6. The van der Waals surface area contributed by atoms with Crippen molar-refractivity contribution in [1.29, 1.82) is 0 Å². The van der Waals surface area contributed by atoms with Crippen LogP contribution in [0.1, 0.15) is 11.4 Å². The molecule has 0 bridgehead atoms. The normalized spacial score (nSPS) is 11.0. The summed E-state index contributed by atoms with van der Waals surface area (Å²) in [4.78, 5) is 5.65. The fraction of sp³-hybridized carbons (Fsp3) is 0.158. The minimum Gasteiger partial charge on any atom is -0.497 e. The Morgan fingerprint density at radius 2 is 1.96 bits per heavy atom. The number of benzene rings is 2. The van der Waals surface area contributed by atoms with E-state index >= 15 is 0 Å². The predicted molar refractivity (Wildman–Crippen MR) is 106 cm³/mol. The molecule has 0 saturated carbocycles. The first-order valence-corrected chi connectivity index (χ1v) is 9.65. The molecule has 0 spiro atoms. The summed E-state index contributed by atoms with van der Waals surface area (Å²) in [5, 5.41) is 13.5. The molecule has 0 N–H and O–H groups in total. The Morgan fingerprint density at radius 3 is 2.78 bits per heavy atom. The van der Waals surface area contributed by atoms with Crippen molar-refractivity contribution in [3.8, 4) is 5.75 Å². The van der Waals surface area contributed by atoms with Gasteiger partial charge in [0.15, 0.2) is 5.82 Å². The maximum atomic E-state index is 6.39. The van der Waals surface area contributed by atoms with Gasteiger partial charge in [-0.1, -0.05) is 29.8 Å². The minimum absolute atomic E-state index is 0.449. The highest BCUT2D eigenvalue weighted by molar-refractivity contribution is 7.98. The van der Waals surface area contributed by atoms with Gasteiger partial charge in [0.25, 0.3) is 0 Å². The Morgan fingerprint density at radius 1 is 1.11 bits per heavy atom. The van der Waals surface area contributed by atoms with Crippen molar-refractivity contribution in [2.75, 3.05) is 7.11 Å². The molecule has 0 fully saturated rings. The number of thioether (sulfide) groups is 1. The fourth-order valence-corrected chi connectivity index (χ4v) is 3.75. The van der Waals surface area contributed by atoms with Crippen molar-refractivity contribution in [2.24, 2.45) is 0 Å². The smallest absolute Gasteiger partial charge is 0.161 e. The van der Waals surface area contributed by atoms with Gasteiger partial charge in [-0.05, 0) is 46.8 Å². The van der Waals surface area contributed by atoms with Gasteiger partial charge >= 0.3 is 0 Å². The lowest BCUT2D eigenvalue weighted by Crippen LogP contribution is -2.07. The van der Waals surface area contributed by atoms with E-state index in [1.165, 1.54) is 4.90 Å². The molecule has 136 valence electrons. The van der Waals surface area contributed by atoms with Gasteiger partial charge in [-0.3, -0.25) is 0 Å². The summed E-state index contributed by atoms with van der Waals surface area (Å²) in [5.74, 6) is 2.23.